The average molecular weight is 445 g/mol. The van der Waals surface area contributed by atoms with E-state index in [2.05, 4.69) is 32.0 Å². The van der Waals surface area contributed by atoms with Crippen LogP contribution in [0.3, 0.4) is 0 Å². The van der Waals surface area contributed by atoms with Gasteiger partial charge in [-0.25, -0.2) is 0 Å². The van der Waals surface area contributed by atoms with Crippen molar-refractivity contribution in [3.05, 3.63) is 61.8 Å². The molecule has 3 rings (SSSR count). The monoisotopic (exact) mass is 444 g/mol. The quantitative estimate of drug-likeness (QED) is 0.365. The van der Waals surface area contributed by atoms with Gasteiger partial charge in [0, 0.05) is 19.5 Å². The van der Waals surface area contributed by atoms with Crippen molar-refractivity contribution in [1.82, 2.24) is 19.8 Å². The number of aromatic nitrogens is 2. The van der Waals surface area contributed by atoms with Crippen LogP contribution >= 0.6 is 23.6 Å². The Morgan fingerprint density at radius 3 is 2.77 bits per heavy atom. The number of hydrogen-bond donors (Lipinski definition) is 2. The number of benzene rings is 1. The van der Waals surface area contributed by atoms with Gasteiger partial charge in [-0.1, -0.05) is 18.6 Å². The highest BCUT2D eigenvalue weighted by molar-refractivity contribution is 7.71. The second-order valence-corrected chi connectivity index (χ2v) is 8.75. The molecule has 30 heavy (non-hydrogen) atoms. The molecule has 0 aliphatic carbocycles. The van der Waals surface area contributed by atoms with Crippen LogP contribution in [0.4, 0.5) is 0 Å². The third-order valence-electron chi connectivity index (χ3n) is 5.22. The summed E-state index contributed by atoms with van der Waals surface area (Å²) in [5, 5.41) is 7.87. The molecule has 6 nitrogen and oxygen atoms in total. The van der Waals surface area contributed by atoms with E-state index in [-0.39, 0.29) is 17.5 Å². The summed E-state index contributed by atoms with van der Waals surface area (Å²) < 4.78 is 2.06. The van der Waals surface area contributed by atoms with Gasteiger partial charge in [-0.15, -0.1) is 0 Å². The molecule has 1 aromatic carbocycles. The Balaban J connectivity index is 1.43. The maximum Gasteiger partial charge on any atom is 0.262 e. The number of rotatable bonds is 10. The smallest absolute Gasteiger partial charge is 0.262 e. The first kappa shape index (κ1) is 22.4. The minimum Gasteiger partial charge on any atom is -0.354 e. The lowest BCUT2D eigenvalue weighted by Crippen LogP contribution is -2.34. The molecule has 0 aliphatic rings. The van der Waals surface area contributed by atoms with Crippen LogP contribution in [0.1, 0.15) is 37.3 Å². The number of nitrogens with one attached hydrogen (secondary N) is 2. The summed E-state index contributed by atoms with van der Waals surface area (Å²) in [6.07, 6.45) is 2.94. The molecule has 0 radical (unpaired) electrons. The topological polar surface area (TPSA) is 70.1 Å². The number of hydrogen-bond acceptors (Lipinski definition) is 5. The van der Waals surface area contributed by atoms with Gasteiger partial charge in [0.15, 0.2) is 4.77 Å². The Morgan fingerprint density at radius 1 is 1.23 bits per heavy atom. The number of fused-ring (bicyclic) bond motifs is 1. The van der Waals surface area contributed by atoms with Crippen molar-refractivity contribution in [2.75, 3.05) is 20.6 Å². The predicted molar refractivity (Wildman–Crippen MR) is 126 cm³/mol. The van der Waals surface area contributed by atoms with Crippen molar-refractivity contribution < 1.29 is 4.79 Å². The predicted octanol–water partition coefficient (Wildman–Crippen LogP) is 4.10. The lowest BCUT2D eigenvalue weighted by atomic mass is 10.1. The van der Waals surface area contributed by atoms with E-state index >= 15 is 0 Å². The Hall–Kier alpha value is -2.29. The van der Waals surface area contributed by atoms with Crippen LogP contribution in [0.25, 0.3) is 10.9 Å². The molecule has 0 saturated carbocycles. The van der Waals surface area contributed by atoms with E-state index < -0.39 is 0 Å². The number of H-pyrrole nitrogens is 1. The highest BCUT2D eigenvalue weighted by atomic mass is 32.1. The fourth-order valence-corrected chi connectivity index (χ4v) is 4.49. The molecular formula is C22H28N4O2S2. The van der Waals surface area contributed by atoms with Crippen LogP contribution in [-0.4, -0.2) is 41.0 Å². The van der Waals surface area contributed by atoms with Crippen LogP contribution in [0.5, 0.6) is 0 Å². The van der Waals surface area contributed by atoms with Crippen molar-refractivity contribution in [1.29, 1.82) is 0 Å². The number of unbranched alkanes of at least 4 members (excludes halogenated alkanes) is 2. The summed E-state index contributed by atoms with van der Waals surface area (Å²) in [6, 6.07) is 9.67. The molecule has 2 aromatic heterocycles. The molecule has 3 aromatic rings. The molecule has 0 aliphatic heterocycles. The van der Waals surface area contributed by atoms with E-state index in [1.807, 2.05) is 32.3 Å². The number of amides is 1. The van der Waals surface area contributed by atoms with Gasteiger partial charge >= 0.3 is 0 Å². The SMILES string of the molecule is CN(C)C(CNC(=O)CCCCCn1c(=S)[nH]c2ccccc2c1=O)c1ccsc1. The molecule has 2 heterocycles. The summed E-state index contributed by atoms with van der Waals surface area (Å²) in [6.45, 7) is 1.16. The summed E-state index contributed by atoms with van der Waals surface area (Å²) in [5.74, 6) is 0.0669. The Kier molecular flexibility index (Phi) is 7.95. The summed E-state index contributed by atoms with van der Waals surface area (Å²) >= 11 is 7.01. The zero-order valence-corrected chi connectivity index (χ0v) is 19.0. The number of aromatic amines is 1. The minimum absolute atomic E-state index is 0.0600. The third-order valence-corrected chi connectivity index (χ3v) is 6.24. The zero-order valence-electron chi connectivity index (χ0n) is 17.4. The normalized spacial score (nSPS) is 12.4. The Bertz CT molecular complexity index is 1090. The number of nitrogens with zero attached hydrogens (tertiary/aromatic N) is 2. The average Bonchev–Trinajstić information content (AvgIpc) is 3.24. The first-order valence-electron chi connectivity index (χ1n) is 10.1. The summed E-state index contributed by atoms with van der Waals surface area (Å²) in [7, 11) is 4.04. The lowest BCUT2D eigenvalue weighted by molar-refractivity contribution is -0.121. The molecule has 1 amide bonds. The van der Waals surface area contributed by atoms with Gasteiger partial charge in [-0.3, -0.25) is 14.2 Å². The second kappa shape index (κ2) is 10.7. The Morgan fingerprint density at radius 2 is 2.03 bits per heavy atom. The van der Waals surface area contributed by atoms with E-state index in [9.17, 15) is 9.59 Å². The molecule has 0 saturated heterocycles. The van der Waals surface area contributed by atoms with Gasteiger partial charge in [0.25, 0.3) is 5.56 Å². The van der Waals surface area contributed by atoms with Crippen molar-refractivity contribution >= 4 is 40.4 Å². The molecule has 0 bridgehead atoms. The van der Waals surface area contributed by atoms with E-state index in [0.29, 0.717) is 29.7 Å². The van der Waals surface area contributed by atoms with Crippen molar-refractivity contribution in [2.24, 2.45) is 0 Å². The van der Waals surface area contributed by atoms with Gasteiger partial charge in [-0.05, 0) is 73.7 Å². The second-order valence-electron chi connectivity index (χ2n) is 7.58. The molecule has 0 fully saturated rings. The molecule has 1 atom stereocenters. The minimum atomic E-state index is -0.0600. The number of para-hydroxylation sites is 1. The van der Waals surface area contributed by atoms with E-state index in [1.165, 1.54) is 5.56 Å². The molecule has 160 valence electrons. The summed E-state index contributed by atoms with van der Waals surface area (Å²) in [5.41, 5.74) is 1.93. The number of likely N-dealkylation sites (N-methyl/N-ethyl adjacent to an activating group) is 1. The molecule has 0 spiro atoms. The van der Waals surface area contributed by atoms with Gasteiger partial charge in [-0.2, -0.15) is 11.3 Å². The first-order chi connectivity index (χ1) is 14.5. The highest BCUT2D eigenvalue weighted by Gasteiger charge is 2.15. The third kappa shape index (κ3) is 5.65. The number of carbonyl (C=O) groups excluding carboxylic acids is 1. The standard InChI is InChI=1S/C22H28N4O2S2/c1-25(2)19(16-11-13-30-15-16)14-23-20(27)10-4-3-7-12-26-21(28)17-8-5-6-9-18(17)24-22(26)29/h5-6,8-9,11,13,15,19H,3-4,7,10,12,14H2,1-2H3,(H,23,27)(H,24,29). The number of carbonyl (C=O) groups is 1. The van der Waals surface area contributed by atoms with Gasteiger partial charge in [0.05, 0.1) is 16.9 Å². The lowest BCUT2D eigenvalue weighted by Gasteiger charge is -2.24. The molecule has 8 heteroatoms. The number of thiophene rings is 1. The van der Waals surface area contributed by atoms with Gasteiger partial charge < -0.3 is 15.2 Å². The van der Waals surface area contributed by atoms with Crippen LogP contribution in [0.2, 0.25) is 0 Å². The molecule has 1 unspecified atom stereocenters. The van der Waals surface area contributed by atoms with E-state index in [4.69, 9.17) is 12.2 Å². The fourth-order valence-electron chi connectivity index (χ4n) is 3.50. The highest BCUT2D eigenvalue weighted by Crippen LogP contribution is 2.20. The zero-order chi connectivity index (χ0) is 21.5. The summed E-state index contributed by atoms with van der Waals surface area (Å²) in [4.78, 5) is 30.1. The van der Waals surface area contributed by atoms with E-state index in [0.717, 1.165) is 24.8 Å². The molecular weight excluding hydrogens is 416 g/mol. The van der Waals surface area contributed by atoms with Gasteiger partial charge in [0.1, 0.15) is 0 Å². The molecule has 2 N–H and O–H groups in total. The fraction of sp³-hybridized carbons (Fsp3) is 0.409. The van der Waals surface area contributed by atoms with E-state index in [1.54, 1.807) is 22.0 Å². The largest absolute Gasteiger partial charge is 0.354 e. The van der Waals surface area contributed by atoms with Crippen LogP contribution < -0.4 is 10.9 Å². The maximum atomic E-state index is 12.6. The Labute approximate surface area is 185 Å². The first-order valence-corrected chi connectivity index (χ1v) is 11.5. The van der Waals surface area contributed by atoms with Crippen molar-refractivity contribution in [3.63, 3.8) is 0 Å². The van der Waals surface area contributed by atoms with Gasteiger partial charge in [0.2, 0.25) is 5.91 Å². The maximum absolute atomic E-state index is 12.6. The van der Waals surface area contributed by atoms with Crippen molar-refractivity contribution in [3.8, 4) is 0 Å². The van der Waals surface area contributed by atoms with Crippen LogP contribution in [0, 0.1) is 4.77 Å². The van der Waals surface area contributed by atoms with Crippen molar-refractivity contribution in [2.45, 2.75) is 38.3 Å². The van der Waals surface area contributed by atoms with Crippen LogP contribution in [0.15, 0.2) is 45.9 Å². The van der Waals surface area contributed by atoms with Crippen LogP contribution in [-0.2, 0) is 11.3 Å².